The normalized spacial score (nSPS) is 13.3. The van der Waals surface area contributed by atoms with Crippen LogP contribution in [0.2, 0.25) is 0 Å². The zero-order valence-corrected chi connectivity index (χ0v) is 11.1. The molecule has 0 radical (unpaired) electrons. The molecule has 0 aliphatic carbocycles. The number of nitro groups is 1. The summed E-state index contributed by atoms with van der Waals surface area (Å²) in [6.07, 6.45) is 0.00511. The summed E-state index contributed by atoms with van der Waals surface area (Å²) in [5, 5.41) is 21.5. The maximum Gasteiger partial charge on any atom is 0.329 e. The minimum absolute atomic E-state index is 0.00511. The maximum atomic E-state index is 13.6. The number of carbonyl (C=O) groups excluding carboxylic acids is 1. The molecule has 0 saturated carbocycles. The van der Waals surface area contributed by atoms with Gasteiger partial charge >= 0.3 is 11.7 Å². The van der Waals surface area contributed by atoms with Gasteiger partial charge in [-0.3, -0.25) is 14.9 Å². The highest BCUT2D eigenvalue weighted by atomic mass is 19.1. The van der Waals surface area contributed by atoms with Crippen molar-refractivity contribution in [3.8, 4) is 0 Å². The van der Waals surface area contributed by atoms with Crippen molar-refractivity contribution in [1.82, 2.24) is 5.32 Å². The standard InChI is InChI=1S/C12H12F2N2O5/c1-3-12(2,11(18)19)15-10(17)6-4-8(14)9(16(20)21)5-7(6)13/h4-5H,3H2,1-2H3,(H,15,17)(H,18,19). The highest BCUT2D eigenvalue weighted by Crippen LogP contribution is 2.22. The van der Waals surface area contributed by atoms with Gasteiger partial charge in [-0.15, -0.1) is 0 Å². The molecule has 0 spiro atoms. The van der Waals surface area contributed by atoms with Crippen molar-refractivity contribution in [2.45, 2.75) is 25.8 Å². The summed E-state index contributed by atoms with van der Waals surface area (Å²) in [4.78, 5) is 32.2. The Morgan fingerprint density at radius 2 is 1.95 bits per heavy atom. The molecular weight excluding hydrogens is 290 g/mol. The van der Waals surface area contributed by atoms with E-state index in [1.54, 1.807) is 0 Å². The minimum atomic E-state index is -1.66. The van der Waals surface area contributed by atoms with Crippen molar-refractivity contribution in [1.29, 1.82) is 0 Å². The molecule has 1 atom stereocenters. The number of benzene rings is 1. The predicted octanol–water partition coefficient (Wildman–Crippen LogP) is 1.86. The van der Waals surface area contributed by atoms with E-state index in [0.717, 1.165) is 0 Å². The number of carboxylic acids is 1. The van der Waals surface area contributed by atoms with E-state index < -0.39 is 45.2 Å². The minimum Gasteiger partial charge on any atom is -0.480 e. The van der Waals surface area contributed by atoms with Gasteiger partial charge in [-0.05, 0) is 19.4 Å². The Bertz CT molecular complexity index is 620. The quantitative estimate of drug-likeness (QED) is 0.637. The molecule has 0 fully saturated rings. The van der Waals surface area contributed by atoms with Crippen LogP contribution >= 0.6 is 0 Å². The van der Waals surface area contributed by atoms with Gasteiger partial charge in [0.1, 0.15) is 11.4 Å². The van der Waals surface area contributed by atoms with Crippen molar-refractivity contribution in [2.75, 3.05) is 0 Å². The lowest BCUT2D eigenvalue weighted by Gasteiger charge is -2.24. The number of halogens is 2. The van der Waals surface area contributed by atoms with Gasteiger partial charge in [0.15, 0.2) is 0 Å². The molecule has 0 aliphatic heterocycles. The third kappa shape index (κ3) is 3.30. The number of hydrogen-bond acceptors (Lipinski definition) is 4. The average Bonchev–Trinajstić information content (AvgIpc) is 2.39. The van der Waals surface area contributed by atoms with Crippen molar-refractivity contribution in [3.63, 3.8) is 0 Å². The van der Waals surface area contributed by atoms with Crippen LogP contribution in [0, 0.1) is 21.7 Å². The molecule has 7 nitrogen and oxygen atoms in total. The first kappa shape index (κ1) is 16.5. The maximum absolute atomic E-state index is 13.6. The molecule has 0 aliphatic rings. The second kappa shape index (κ2) is 5.81. The van der Waals surface area contributed by atoms with Crippen LogP contribution in [0.3, 0.4) is 0 Å². The number of carbonyl (C=O) groups is 2. The SMILES string of the molecule is CCC(C)(NC(=O)c1cc(F)c([N+](=O)[O-])cc1F)C(=O)O. The number of carboxylic acid groups (broad SMARTS) is 1. The largest absolute Gasteiger partial charge is 0.480 e. The Balaban J connectivity index is 3.18. The van der Waals surface area contributed by atoms with E-state index in [1.165, 1.54) is 13.8 Å². The van der Waals surface area contributed by atoms with Gasteiger partial charge in [-0.1, -0.05) is 6.92 Å². The van der Waals surface area contributed by atoms with E-state index in [1.807, 2.05) is 0 Å². The summed E-state index contributed by atoms with van der Waals surface area (Å²) in [5.74, 6) is -5.22. The van der Waals surface area contributed by atoms with Gasteiger partial charge in [0.25, 0.3) is 5.91 Å². The number of nitro benzene ring substituents is 1. The first-order valence-corrected chi connectivity index (χ1v) is 5.81. The monoisotopic (exact) mass is 302 g/mol. The van der Waals surface area contributed by atoms with Gasteiger partial charge in [-0.25, -0.2) is 9.18 Å². The number of amides is 1. The van der Waals surface area contributed by atoms with Crippen molar-refractivity contribution >= 4 is 17.6 Å². The summed E-state index contributed by atoms with van der Waals surface area (Å²) in [6.45, 7) is 2.69. The fourth-order valence-electron chi connectivity index (χ4n) is 1.46. The summed E-state index contributed by atoms with van der Waals surface area (Å²) in [7, 11) is 0. The zero-order valence-electron chi connectivity index (χ0n) is 11.1. The van der Waals surface area contributed by atoms with Crippen LogP contribution in [-0.4, -0.2) is 27.4 Å². The summed E-state index contributed by atoms with van der Waals surface area (Å²) >= 11 is 0. The molecule has 1 aromatic carbocycles. The third-order valence-corrected chi connectivity index (χ3v) is 3.05. The molecule has 0 saturated heterocycles. The molecule has 0 aromatic heterocycles. The van der Waals surface area contributed by atoms with Crippen LogP contribution in [-0.2, 0) is 4.79 Å². The molecule has 1 amide bonds. The van der Waals surface area contributed by atoms with Gasteiger partial charge in [-0.2, -0.15) is 4.39 Å². The highest BCUT2D eigenvalue weighted by molar-refractivity contribution is 5.98. The van der Waals surface area contributed by atoms with Gasteiger partial charge in [0.05, 0.1) is 16.6 Å². The molecular formula is C12H12F2N2O5. The number of nitrogens with one attached hydrogen (secondary N) is 1. The molecule has 1 rings (SSSR count). The van der Waals surface area contributed by atoms with Crippen LogP contribution in [0.15, 0.2) is 12.1 Å². The summed E-state index contributed by atoms with van der Waals surface area (Å²) < 4.78 is 27.1. The van der Waals surface area contributed by atoms with Gasteiger partial charge in [0.2, 0.25) is 5.82 Å². The molecule has 1 aromatic rings. The average molecular weight is 302 g/mol. The molecule has 114 valence electrons. The number of rotatable bonds is 5. The van der Waals surface area contributed by atoms with Crippen LogP contribution in [0.25, 0.3) is 0 Å². The summed E-state index contributed by atoms with van der Waals surface area (Å²) in [6, 6.07) is 0.634. The predicted molar refractivity (Wildman–Crippen MR) is 66.8 cm³/mol. The Kier molecular flexibility index (Phi) is 4.56. The van der Waals surface area contributed by atoms with E-state index in [0.29, 0.717) is 6.07 Å². The second-order valence-electron chi connectivity index (χ2n) is 4.49. The van der Waals surface area contributed by atoms with E-state index in [-0.39, 0.29) is 12.5 Å². The van der Waals surface area contributed by atoms with Gasteiger partial charge < -0.3 is 10.4 Å². The number of aliphatic carboxylic acids is 1. The molecule has 21 heavy (non-hydrogen) atoms. The Morgan fingerprint density at radius 1 is 1.38 bits per heavy atom. The Labute approximate surface area is 117 Å². The Hall–Kier alpha value is -2.58. The van der Waals surface area contributed by atoms with Crippen molar-refractivity contribution < 1.29 is 28.4 Å². The molecule has 0 heterocycles. The van der Waals surface area contributed by atoms with Crippen molar-refractivity contribution in [3.05, 3.63) is 39.4 Å². The molecule has 1 unspecified atom stereocenters. The van der Waals surface area contributed by atoms with Gasteiger partial charge in [0, 0.05) is 0 Å². The lowest BCUT2D eigenvalue weighted by molar-refractivity contribution is -0.387. The van der Waals surface area contributed by atoms with Crippen LogP contribution < -0.4 is 5.32 Å². The van der Waals surface area contributed by atoms with Crippen LogP contribution in [0.4, 0.5) is 14.5 Å². The Morgan fingerprint density at radius 3 is 2.38 bits per heavy atom. The lowest BCUT2D eigenvalue weighted by Crippen LogP contribution is -2.51. The van der Waals surface area contributed by atoms with E-state index in [4.69, 9.17) is 5.11 Å². The number of hydrogen-bond donors (Lipinski definition) is 2. The first-order valence-electron chi connectivity index (χ1n) is 5.81. The second-order valence-corrected chi connectivity index (χ2v) is 4.49. The third-order valence-electron chi connectivity index (χ3n) is 3.05. The van der Waals surface area contributed by atoms with E-state index >= 15 is 0 Å². The first-order chi connectivity index (χ1) is 9.62. The van der Waals surface area contributed by atoms with Crippen molar-refractivity contribution in [2.24, 2.45) is 0 Å². The van der Waals surface area contributed by atoms with E-state index in [2.05, 4.69) is 5.32 Å². The topological polar surface area (TPSA) is 110 Å². The fraction of sp³-hybridized carbons (Fsp3) is 0.333. The highest BCUT2D eigenvalue weighted by Gasteiger charge is 2.34. The van der Waals surface area contributed by atoms with Crippen LogP contribution in [0.1, 0.15) is 30.6 Å². The molecule has 9 heteroatoms. The fourth-order valence-corrected chi connectivity index (χ4v) is 1.46. The summed E-state index contributed by atoms with van der Waals surface area (Å²) in [5.41, 5.74) is -3.58. The lowest BCUT2D eigenvalue weighted by atomic mass is 9.98. The zero-order chi connectivity index (χ0) is 16.4. The molecule has 0 bridgehead atoms. The number of nitrogens with zero attached hydrogens (tertiary/aromatic N) is 1. The van der Waals surface area contributed by atoms with Crippen LogP contribution in [0.5, 0.6) is 0 Å². The molecule has 2 N–H and O–H groups in total. The smallest absolute Gasteiger partial charge is 0.329 e. The van der Waals surface area contributed by atoms with E-state index in [9.17, 15) is 28.5 Å².